The molecule has 114 valence electrons. The van der Waals surface area contributed by atoms with Crippen molar-refractivity contribution in [1.82, 2.24) is 15.0 Å². The highest BCUT2D eigenvalue weighted by Crippen LogP contribution is 2.11. The number of rotatable bonds is 10. The summed E-state index contributed by atoms with van der Waals surface area (Å²) < 4.78 is 10.8. The molecule has 0 saturated carbocycles. The van der Waals surface area contributed by atoms with E-state index in [0.717, 1.165) is 13.0 Å². The third-order valence-electron chi connectivity index (χ3n) is 2.26. The maximum atomic E-state index is 5.46. The Morgan fingerprint density at radius 2 is 1.65 bits per heavy atom. The molecule has 1 aromatic heterocycles. The molecule has 0 aliphatic carbocycles. The summed E-state index contributed by atoms with van der Waals surface area (Å²) in [6.07, 6.45) is 1.22. The SMILES string of the molecule is CCCNc1nc(NCCOC(C)C)nc(OCC)n1. The minimum Gasteiger partial charge on any atom is -0.464 e. The number of nitrogens with one attached hydrogen (secondary N) is 2. The van der Waals surface area contributed by atoms with E-state index in [1.165, 1.54) is 0 Å². The van der Waals surface area contributed by atoms with Gasteiger partial charge in [-0.25, -0.2) is 0 Å². The molecule has 0 bridgehead atoms. The predicted octanol–water partition coefficient (Wildman–Crippen LogP) is 1.93. The highest BCUT2D eigenvalue weighted by atomic mass is 16.5. The molecule has 0 saturated heterocycles. The van der Waals surface area contributed by atoms with Crippen molar-refractivity contribution in [3.63, 3.8) is 0 Å². The van der Waals surface area contributed by atoms with E-state index in [2.05, 4.69) is 32.5 Å². The topological polar surface area (TPSA) is 81.2 Å². The molecule has 7 nitrogen and oxygen atoms in total. The zero-order valence-electron chi connectivity index (χ0n) is 12.8. The minimum absolute atomic E-state index is 0.218. The quantitative estimate of drug-likeness (QED) is 0.635. The van der Waals surface area contributed by atoms with Crippen LogP contribution in [0.25, 0.3) is 0 Å². The molecule has 0 aliphatic heterocycles. The van der Waals surface area contributed by atoms with Crippen molar-refractivity contribution in [3.05, 3.63) is 0 Å². The number of nitrogens with zero attached hydrogens (tertiary/aromatic N) is 3. The summed E-state index contributed by atoms with van der Waals surface area (Å²) in [6.45, 7) is 10.6. The molecule has 0 fully saturated rings. The average molecular weight is 283 g/mol. The number of hydrogen-bond donors (Lipinski definition) is 2. The standard InChI is InChI=1S/C13H25N5O2/c1-5-7-14-11-16-12(15-8-9-20-10(3)4)18-13(17-11)19-6-2/h10H,5-9H2,1-4H3,(H2,14,15,16,17,18). The lowest BCUT2D eigenvalue weighted by Gasteiger charge is -2.11. The molecular weight excluding hydrogens is 258 g/mol. The van der Waals surface area contributed by atoms with Gasteiger partial charge in [-0.1, -0.05) is 6.92 Å². The molecule has 0 unspecified atom stereocenters. The van der Waals surface area contributed by atoms with E-state index in [1.807, 2.05) is 20.8 Å². The van der Waals surface area contributed by atoms with Crippen molar-refractivity contribution < 1.29 is 9.47 Å². The first-order chi connectivity index (χ1) is 9.65. The van der Waals surface area contributed by atoms with Crippen LogP contribution in [0, 0.1) is 0 Å². The van der Waals surface area contributed by atoms with Gasteiger partial charge >= 0.3 is 6.01 Å². The van der Waals surface area contributed by atoms with Crippen LogP contribution in [0.15, 0.2) is 0 Å². The lowest BCUT2D eigenvalue weighted by atomic mass is 10.5. The Morgan fingerprint density at radius 1 is 1.00 bits per heavy atom. The Morgan fingerprint density at radius 3 is 2.20 bits per heavy atom. The van der Waals surface area contributed by atoms with Crippen LogP contribution in [0.1, 0.15) is 34.1 Å². The smallest absolute Gasteiger partial charge is 0.323 e. The van der Waals surface area contributed by atoms with Crippen molar-refractivity contribution in [2.75, 3.05) is 36.9 Å². The van der Waals surface area contributed by atoms with E-state index in [4.69, 9.17) is 9.47 Å². The van der Waals surface area contributed by atoms with Crippen LogP contribution < -0.4 is 15.4 Å². The number of anilines is 2. The minimum atomic E-state index is 0.218. The van der Waals surface area contributed by atoms with Gasteiger partial charge in [0.25, 0.3) is 0 Å². The maximum absolute atomic E-state index is 5.46. The summed E-state index contributed by atoms with van der Waals surface area (Å²) in [5.74, 6) is 1.02. The van der Waals surface area contributed by atoms with E-state index < -0.39 is 0 Å². The van der Waals surface area contributed by atoms with Crippen molar-refractivity contribution >= 4 is 11.9 Å². The third kappa shape index (κ3) is 6.51. The van der Waals surface area contributed by atoms with Crippen LogP contribution in [0.5, 0.6) is 6.01 Å². The molecule has 20 heavy (non-hydrogen) atoms. The monoisotopic (exact) mass is 283 g/mol. The van der Waals surface area contributed by atoms with Gasteiger partial charge in [0.1, 0.15) is 0 Å². The molecule has 1 rings (SSSR count). The van der Waals surface area contributed by atoms with Crippen LogP contribution in [0.4, 0.5) is 11.9 Å². The highest BCUT2D eigenvalue weighted by Gasteiger charge is 2.06. The summed E-state index contributed by atoms with van der Waals surface area (Å²) in [4.78, 5) is 12.7. The van der Waals surface area contributed by atoms with E-state index in [1.54, 1.807) is 0 Å². The molecule has 0 atom stereocenters. The average Bonchev–Trinajstić information content (AvgIpc) is 2.41. The van der Waals surface area contributed by atoms with Gasteiger partial charge in [-0.2, -0.15) is 15.0 Å². The second-order valence-electron chi connectivity index (χ2n) is 4.47. The van der Waals surface area contributed by atoms with E-state index in [9.17, 15) is 0 Å². The molecule has 0 amide bonds. The summed E-state index contributed by atoms with van der Waals surface area (Å²) in [5, 5.41) is 6.24. The van der Waals surface area contributed by atoms with Crippen LogP contribution in [-0.4, -0.2) is 47.4 Å². The Labute approximate surface area is 120 Å². The fourth-order valence-corrected chi connectivity index (χ4v) is 1.40. The first-order valence-corrected chi connectivity index (χ1v) is 7.13. The summed E-state index contributed by atoms with van der Waals surface area (Å²) in [6, 6.07) is 0.327. The molecule has 0 aliphatic rings. The van der Waals surface area contributed by atoms with Gasteiger partial charge < -0.3 is 20.1 Å². The predicted molar refractivity (Wildman–Crippen MR) is 79.4 cm³/mol. The lowest BCUT2D eigenvalue weighted by Crippen LogP contribution is -2.16. The second-order valence-corrected chi connectivity index (χ2v) is 4.47. The van der Waals surface area contributed by atoms with Crippen LogP contribution in [0.3, 0.4) is 0 Å². The Kier molecular flexibility index (Phi) is 7.64. The molecule has 0 radical (unpaired) electrons. The normalized spacial score (nSPS) is 10.7. The van der Waals surface area contributed by atoms with E-state index in [0.29, 0.717) is 37.7 Å². The van der Waals surface area contributed by atoms with Crippen LogP contribution in [-0.2, 0) is 4.74 Å². The first kappa shape index (κ1) is 16.4. The maximum Gasteiger partial charge on any atom is 0.323 e. The van der Waals surface area contributed by atoms with Crippen molar-refractivity contribution in [2.24, 2.45) is 0 Å². The molecule has 7 heteroatoms. The van der Waals surface area contributed by atoms with Crippen molar-refractivity contribution in [1.29, 1.82) is 0 Å². The van der Waals surface area contributed by atoms with Gasteiger partial charge in [0.15, 0.2) is 0 Å². The Balaban J connectivity index is 2.60. The molecule has 2 N–H and O–H groups in total. The van der Waals surface area contributed by atoms with Crippen LogP contribution >= 0.6 is 0 Å². The van der Waals surface area contributed by atoms with Gasteiger partial charge in [0.2, 0.25) is 11.9 Å². The van der Waals surface area contributed by atoms with Crippen LogP contribution in [0.2, 0.25) is 0 Å². The van der Waals surface area contributed by atoms with Gasteiger partial charge in [0.05, 0.1) is 19.3 Å². The largest absolute Gasteiger partial charge is 0.464 e. The second kappa shape index (κ2) is 9.30. The lowest BCUT2D eigenvalue weighted by molar-refractivity contribution is 0.0869. The number of ether oxygens (including phenoxy) is 2. The zero-order valence-corrected chi connectivity index (χ0v) is 12.8. The fraction of sp³-hybridized carbons (Fsp3) is 0.769. The van der Waals surface area contributed by atoms with Gasteiger partial charge in [0, 0.05) is 13.1 Å². The molecular formula is C13H25N5O2. The summed E-state index contributed by atoms with van der Waals surface area (Å²) in [5.41, 5.74) is 0. The number of hydrogen-bond acceptors (Lipinski definition) is 7. The van der Waals surface area contributed by atoms with Crippen molar-refractivity contribution in [3.8, 4) is 6.01 Å². The van der Waals surface area contributed by atoms with E-state index in [-0.39, 0.29) is 6.10 Å². The summed E-state index contributed by atoms with van der Waals surface area (Å²) >= 11 is 0. The van der Waals surface area contributed by atoms with Gasteiger partial charge in [-0.15, -0.1) is 0 Å². The van der Waals surface area contributed by atoms with Gasteiger partial charge in [-0.3, -0.25) is 0 Å². The zero-order chi connectivity index (χ0) is 14.8. The Hall–Kier alpha value is -1.63. The van der Waals surface area contributed by atoms with E-state index >= 15 is 0 Å². The molecule has 0 spiro atoms. The number of aromatic nitrogens is 3. The summed E-state index contributed by atoms with van der Waals surface area (Å²) in [7, 11) is 0. The molecule has 0 aromatic carbocycles. The third-order valence-corrected chi connectivity index (χ3v) is 2.26. The molecule has 1 aromatic rings. The Bertz CT molecular complexity index is 387. The van der Waals surface area contributed by atoms with Gasteiger partial charge in [-0.05, 0) is 27.2 Å². The highest BCUT2D eigenvalue weighted by molar-refractivity contribution is 5.35. The molecule has 1 heterocycles. The van der Waals surface area contributed by atoms with Crippen molar-refractivity contribution in [2.45, 2.75) is 40.2 Å². The fourth-order valence-electron chi connectivity index (χ4n) is 1.40. The first-order valence-electron chi connectivity index (χ1n) is 7.13.